The first kappa shape index (κ1) is 19.9. The van der Waals surface area contributed by atoms with Crippen molar-refractivity contribution in [2.45, 2.75) is 6.61 Å². The molecule has 0 amide bonds. The van der Waals surface area contributed by atoms with Gasteiger partial charge < -0.3 is 19.3 Å². The van der Waals surface area contributed by atoms with Crippen LogP contribution in [0.1, 0.15) is 21.5 Å². The highest BCUT2D eigenvalue weighted by molar-refractivity contribution is 5.87. The summed E-state index contributed by atoms with van der Waals surface area (Å²) >= 11 is 0. The molecule has 0 aliphatic carbocycles. The fourth-order valence-corrected chi connectivity index (χ4v) is 2.56. The smallest absolute Gasteiger partial charge is 0.335 e. The van der Waals surface area contributed by atoms with Crippen molar-refractivity contribution in [1.82, 2.24) is 4.98 Å². The number of aromatic carboxylic acids is 1. The van der Waals surface area contributed by atoms with Gasteiger partial charge in [0.2, 0.25) is 5.88 Å². The van der Waals surface area contributed by atoms with Gasteiger partial charge in [0.05, 0.1) is 31.7 Å². The van der Waals surface area contributed by atoms with Gasteiger partial charge in [-0.2, -0.15) is 0 Å². The van der Waals surface area contributed by atoms with Gasteiger partial charge in [0.1, 0.15) is 6.61 Å². The molecule has 0 fully saturated rings. The van der Waals surface area contributed by atoms with Crippen molar-refractivity contribution in [3.8, 4) is 17.4 Å². The van der Waals surface area contributed by atoms with Crippen molar-refractivity contribution in [3.63, 3.8) is 0 Å². The first-order chi connectivity index (χ1) is 14.1. The van der Waals surface area contributed by atoms with Gasteiger partial charge in [0.15, 0.2) is 11.5 Å². The molecule has 0 unspecified atom stereocenters. The SMILES string of the molecule is COc1ccc(N=Cc2ccc(OCc3cccc(C(=O)O)c3)c(OC)c2)cn1. The van der Waals surface area contributed by atoms with Crippen LogP contribution in [0.4, 0.5) is 5.69 Å². The third-order valence-electron chi connectivity index (χ3n) is 4.05. The van der Waals surface area contributed by atoms with E-state index in [1.807, 2.05) is 24.3 Å². The number of carboxylic acid groups (broad SMARTS) is 1. The summed E-state index contributed by atoms with van der Waals surface area (Å²) in [6.07, 6.45) is 3.32. The minimum absolute atomic E-state index is 0.220. The molecule has 0 atom stereocenters. The number of nitrogens with zero attached hydrogens (tertiary/aromatic N) is 2. The Morgan fingerprint density at radius 1 is 1.07 bits per heavy atom. The van der Waals surface area contributed by atoms with Crippen molar-refractivity contribution in [3.05, 3.63) is 77.5 Å². The molecule has 1 heterocycles. The lowest BCUT2D eigenvalue weighted by Crippen LogP contribution is -2.01. The van der Waals surface area contributed by atoms with E-state index in [9.17, 15) is 4.79 Å². The zero-order chi connectivity index (χ0) is 20.6. The molecule has 0 aliphatic rings. The van der Waals surface area contributed by atoms with Crippen LogP contribution in [0.25, 0.3) is 0 Å². The van der Waals surface area contributed by atoms with Crippen LogP contribution in [0.5, 0.6) is 17.4 Å². The number of ether oxygens (including phenoxy) is 3. The van der Waals surface area contributed by atoms with E-state index in [-0.39, 0.29) is 12.2 Å². The van der Waals surface area contributed by atoms with Crippen molar-refractivity contribution in [2.24, 2.45) is 4.99 Å². The van der Waals surface area contributed by atoms with Crippen molar-refractivity contribution in [1.29, 1.82) is 0 Å². The molecule has 0 aliphatic heterocycles. The van der Waals surface area contributed by atoms with E-state index in [0.717, 1.165) is 11.1 Å². The molecule has 0 saturated carbocycles. The topological polar surface area (TPSA) is 90.2 Å². The second kappa shape index (κ2) is 9.36. The predicted octanol–water partition coefficient (Wildman–Crippen LogP) is 4.13. The second-order valence-electron chi connectivity index (χ2n) is 6.02. The Labute approximate surface area is 168 Å². The summed E-state index contributed by atoms with van der Waals surface area (Å²) in [5.41, 5.74) is 2.50. The average molecular weight is 392 g/mol. The Bertz CT molecular complexity index is 1020. The largest absolute Gasteiger partial charge is 0.493 e. The van der Waals surface area contributed by atoms with Crippen molar-refractivity contribution < 1.29 is 24.1 Å². The van der Waals surface area contributed by atoms with Gasteiger partial charge in [-0.1, -0.05) is 12.1 Å². The van der Waals surface area contributed by atoms with Gasteiger partial charge in [-0.3, -0.25) is 4.99 Å². The second-order valence-corrected chi connectivity index (χ2v) is 6.02. The summed E-state index contributed by atoms with van der Waals surface area (Å²) in [5, 5.41) is 9.08. The molecule has 29 heavy (non-hydrogen) atoms. The Hall–Kier alpha value is -3.87. The van der Waals surface area contributed by atoms with Crippen LogP contribution in [-0.4, -0.2) is 36.5 Å². The van der Waals surface area contributed by atoms with Gasteiger partial charge in [0, 0.05) is 12.3 Å². The van der Waals surface area contributed by atoms with Crippen LogP contribution >= 0.6 is 0 Å². The molecular formula is C22H20N2O5. The highest BCUT2D eigenvalue weighted by Gasteiger charge is 2.08. The number of hydrogen-bond acceptors (Lipinski definition) is 6. The number of rotatable bonds is 8. The number of methoxy groups -OCH3 is 2. The van der Waals surface area contributed by atoms with Gasteiger partial charge in [0.25, 0.3) is 0 Å². The van der Waals surface area contributed by atoms with Gasteiger partial charge in [-0.05, 0) is 47.5 Å². The lowest BCUT2D eigenvalue weighted by atomic mass is 10.1. The number of aromatic nitrogens is 1. The van der Waals surface area contributed by atoms with Gasteiger partial charge in [-0.25, -0.2) is 9.78 Å². The normalized spacial score (nSPS) is 10.7. The Balaban J connectivity index is 1.70. The molecule has 0 saturated heterocycles. The van der Waals surface area contributed by atoms with E-state index in [0.29, 0.717) is 23.1 Å². The zero-order valence-electron chi connectivity index (χ0n) is 16.0. The third-order valence-corrected chi connectivity index (χ3v) is 4.05. The molecule has 0 spiro atoms. The van der Waals surface area contributed by atoms with Crippen LogP contribution in [0.3, 0.4) is 0 Å². The first-order valence-electron chi connectivity index (χ1n) is 8.76. The quantitative estimate of drug-likeness (QED) is 0.580. The summed E-state index contributed by atoms with van der Waals surface area (Å²) in [4.78, 5) is 19.6. The maximum atomic E-state index is 11.1. The number of benzene rings is 2. The van der Waals surface area contributed by atoms with E-state index < -0.39 is 5.97 Å². The highest BCUT2D eigenvalue weighted by Crippen LogP contribution is 2.28. The molecule has 7 heteroatoms. The van der Waals surface area contributed by atoms with Crippen molar-refractivity contribution in [2.75, 3.05) is 14.2 Å². The highest BCUT2D eigenvalue weighted by atomic mass is 16.5. The van der Waals surface area contributed by atoms with Crippen LogP contribution < -0.4 is 14.2 Å². The fraction of sp³-hybridized carbons (Fsp3) is 0.136. The zero-order valence-corrected chi connectivity index (χ0v) is 16.0. The molecule has 3 rings (SSSR count). The van der Waals surface area contributed by atoms with Crippen LogP contribution in [0, 0.1) is 0 Å². The molecule has 0 radical (unpaired) electrons. The van der Waals surface area contributed by atoms with E-state index in [4.69, 9.17) is 19.3 Å². The molecule has 0 bridgehead atoms. The van der Waals surface area contributed by atoms with Crippen LogP contribution in [-0.2, 0) is 6.61 Å². The Morgan fingerprint density at radius 3 is 2.62 bits per heavy atom. The maximum Gasteiger partial charge on any atom is 0.335 e. The summed E-state index contributed by atoms with van der Waals surface area (Å²) in [6.45, 7) is 0.225. The number of carboxylic acids is 1. The summed E-state index contributed by atoms with van der Waals surface area (Å²) in [6, 6.07) is 15.6. The van der Waals surface area contributed by atoms with Gasteiger partial charge >= 0.3 is 5.97 Å². The third kappa shape index (κ3) is 5.32. The van der Waals surface area contributed by atoms with Crippen LogP contribution in [0.2, 0.25) is 0 Å². The molecule has 2 aromatic carbocycles. The minimum Gasteiger partial charge on any atom is -0.493 e. The Morgan fingerprint density at radius 2 is 1.93 bits per heavy atom. The number of carbonyl (C=O) groups is 1. The maximum absolute atomic E-state index is 11.1. The fourth-order valence-electron chi connectivity index (χ4n) is 2.56. The first-order valence-corrected chi connectivity index (χ1v) is 8.76. The number of aliphatic imine (C=N–C) groups is 1. The molecule has 1 aromatic heterocycles. The monoisotopic (exact) mass is 392 g/mol. The lowest BCUT2D eigenvalue weighted by molar-refractivity contribution is 0.0696. The average Bonchev–Trinajstić information content (AvgIpc) is 2.77. The predicted molar refractivity (Wildman–Crippen MR) is 109 cm³/mol. The van der Waals surface area contributed by atoms with E-state index in [1.165, 1.54) is 0 Å². The number of pyridine rings is 1. The number of hydrogen-bond donors (Lipinski definition) is 1. The summed E-state index contributed by atoms with van der Waals surface area (Å²) in [5.74, 6) is 0.661. The molecule has 7 nitrogen and oxygen atoms in total. The van der Waals surface area contributed by atoms with E-state index in [2.05, 4.69) is 9.98 Å². The summed E-state index contributed by atoms with van der Waals surface area (Å²) < 4.78 is 16.2. The molecule has 148 valence electrons. The Kier molecular flexibility index (Phi) is 6.42. The molecule has 1 N–H and O–H groups in total. The van der Waals surface area contributed by atoms with E-state index in [1.54, 1.807) is 57.0 Å². The van der Waals surface area contributed by atoms with E-state index >= 15 is 0 Å². The molecular weight excluding hydrogens is 372 g/mol. The standard InChI is InChI=1S/C22H20N2O5/c1-27-20-11-15(12-23-18-7-9-21(28-2)24-13-18)6-8-19(20)29-14-16-4-3-5-17(10-16)22(25)26/h3-13H,14H2,1-2H3,(H,25,26). The van der Waals surface area contributed by atoms with Crippen LogP contribution in [0.15, 0.2) is 65.8 Å². The summed E-state index contributed by atoms with van der Waals surface area (Å²) in [7, 11) is 3.12. The lowest BCUT2D eigenvalue weighted by Gasteiger charge is -2.11. The van der Waals surface area contributed by atoms with Crippen molar-refractivity contribution >= 4 is 17.9 Å². The molecule has 3 aromatic rings. The minimum atomic E-state index is -0.972. The van der Waals surface area contributed by atoms with Gasteiger partial charge in [-0.15, -0.1) is 0 Å².